The van der Waals surface area contributed by atoms with Gasteiger partial charge in [0, 0.05) is 12.6 Å². The summed E-state index contributed by atoms with van der Waals surface area (Å²) in [7, 11) is 1.62. The van der Waals surface area contributed by atoms with E-state index in [2.05, 4.69) is 11.9 Å². The summed E-state index contributed by atoms with van der Waals surface area (Å²) in [6, 6.07) is 0. The average molecular weight is 141 g/mol. The van der Waals surface area contributed by atoms with Gasteiger partial charge in [-0.05, 0) is 12.3 Å². The van der Waals surface area contributed by atoms with Crippen LogP contribution in [0.5, 0.6) is 0 Å². The first-order chi connectivity index (χ1) is 4.63. The topological polar surface area (TPSA) is 29.1 Å². The smallest absolute Gasteiger partial charge is 0.246 e. The Labute approximate surface area is 62.3 Å². The van der Waals surface area contributed by atoms with Crippen molar-refractivity contribution in [3.05, 3.63) is 12.2 Å². The molecular weight excluding hydrogens is 126 g/mol. The zero-order valence-electron chi connectivity index (χ0n) is 6.90. The van der Waals surface area contributed by atoms with Crippen LogP contribution in [0.2, 0.25) is 0 Å². The van der Waals surface area contributed by atoms with Crippen LogP contribution in [0, 0.1) is 5.92 Å². The van der Waals surface area contributed by atoms with Crippen LogP contribution in [0.1, 0.15) is 20.3 Å². The molecule has 0 saturated carbocycles. The quantitative estimate of drug-likeness (QED) is 0.590. The number of rotatable bonds is 3. The molecule has 0 aromatic heterocycles. The van der Waals surface area contributed by atoms with Crippen LogP contribution >= 0.6 is 0 Å². The standard InChI is InChI=1S/C8H15NO/c1-5-6(2)7(3)8(10)9-4/h6H,3,5H2,1-2,4H3,(H,9,10). The summed E-state index contributed by atoms with van der Waals surface area (Å²) in [6.07, 6.45) is 0.965. The molecule has 0 heterocycles. The highest BCUT2D eigenvalue weighted by molar-refractivity contribution is 5.92. The molecule has 2 nitrogen and oxygen atoms in total. The SMILES string of the molecule is C=C(C(=O)NC)C(C)CC. The summed E-state index contributed by atoms with van der Waals surface area (Å²) in [5, 5.41) is 2.54. The van der Waals surface area contributed by atoms with Crippen LogP contribution in [0.3, 0.4) is 0 Å². The molecule has 0 aromatic carbocycles. The molecule has 0 saturated heterocycles. The molecule has 0 rings (SSSR count). The molecule has 2 heteroatoms. The summed E-state index contributed by atoms with van der Waals surface area (Å²) >= 11 is 0. The van der Waals surface area contributed by atoms with E-state index >= 15 is 0 Å². The Morgan fingerprint density at radius 1 is 1.70 bits per heavy atom. The highest BCUT2D eigenvalue weighted by atomic mass is 16.1. The van der Waals surface area contributed by atoms with Gasteiger partial charge in [0.2, 0.25) is 5.91 Å². The molecule has 10 heavy (non-hydrogen) atoms. The van der Waals surface area contributed by atoms with E-state index in [-0.39, 0.29) is 5.91 Å². The van der Waals surface area contributed by atoms with Gasteiger partial charge in [0.05, 0.1) is 0 Å². The van der Waals surface area contributed by atoms with Crippen molar-refractivity contribution in [2.24, 2.45) is 5.92 Å². The molecule has 0 aliphatic heterocycles. The molecule has 1 amide bonds. The third kappa shape index (κ3) is 2.21. The van der Waals surface area contributed by atoms with E-state index in [1.54, 1.807) is 7.05 Å². The Morgan fingerprint density at radius 3 is 2.50 bits per heavy atom. The second-order valence-electron chi connectivity index (χ2n) is 2.41. The Morgan fingerprint density at radius 2 is 2.20 bits per heavy atom. The van der Waals surface area contributed by atoms with Gasteiger partial charge in [0.15, 0.2) is 0 Å². The van der Waals surface area contributed by atoms with Gasteiger partial charge in [-0.15, -0.1) is 0 Å². The van der Waals surface area contributed by atoms with Crippen LogP contribution in [0.4, 0.5) is 0 Å². The van der Waals surface area contributed by atoms with E-state index in [1.165, 1.54) is 0 Å². The Bertz CT molecular complexity index is 140. The van der Waals surface area contributed by atoms with E-state index in [9.17, 15) is 4.79 Å². The average Bonchev–Trinajstić information content (AvgIpc) is 2.00. The van der Waals surface area contributed by atoms with E-state index < -0.39 is 0 Å². The van der Waals surface area contributed by atoms with Gasteiger partial charge < -0.3 is 5.32 Å². The largest absolute Gasteiger partial charge is 0.355 e. The third-order valence-corrected chi connectivity index (χ3v) is 1.73. The van der Waals surface area contributed by atoms with Crippen molar-refractivity contribution in [1.82, 2.24) is 5.32 Å². The fourth-order valence-electron chi connectivity index (χ4n) is 0.631. The first-order valence-corrected chi connectivity index (χ1v) is 3.54. The van der Waals surface area contributed by atoms with E-state index in [4.69, 9.17) is 0 Å². The lowest BCUT2D eigenvalue weighted by atomic mass is 10.00. The molecule has 0 aliphatic rings. The van der Waals surface area contributed by atoms with E-state index in [0.29, 0.717) is 11.5 Å². The molecule has 58 valence electrons. The summed E-state index contributed by atoms with van der Waals surface area (Å²) in [5.41, 5.74) is 0.671. The van der Waals surface area contributed by atoms with Crippen molar-refractivity contribution in [3.63, 3.8) is 0 Å². The van der Waals surface area contributed by atoms with Gasteiger partial charge in [0.1, 0.15) is 0 Å². The van der Waals surface area contributed by atoms with Crippen molar-refractivity contribution in [2.75, 3.05) is 7.05 Å². The predicted molar refractivity (Wildman–Crippen MR) is 42.7 cm³/mol. The Balaban J connectivity index is 3.95. The lowest BCUT2D eigenvalue weighted by molar-refractivity contribution is -0.117. The molecule has 0 spiro atoms. The van der Waals surface area contributed by atoms with Crippen LogP contribution < -0.4 is 5.32 Å². The number of carbonyl (C=O) groups excluding carboxylic acids is 1. The number of carbonyl (C=O) groups is 1. The summed E-state index contributed by atoms with van der Waals surface area (Å²) in [6.45, 7) is 7.72. The first kappa shape index (κ1) is 9.21. The van der Waals surface area contributed by atoms with E-state index in [1.807, 2.05) is 13.8 Å². The van der Waals surface area contributed by atoms with Crippen LogP contribution in [-0.2, 0) is 4.79 Å². The second-order valence-corrected chi connectivity index (χ2v) is 2.41. The molecule has 0 aromatic rings. The maximum Gasteiger partial charge on any atom is 0.246 e. The molecule has 0 radical (unpaired) electrons. The van der Waals surface area contributed by atoms with Crippen molar-refractivity contribution in [1.29, 1.82) is 0 Å². The summed E-state index contributed by atoms with van der Waals surface area (Å²) in [4.78, 5) is 10.9. The molecule has 1 N–H and O–H groups in total. The van der Waals surface area contributed by atoms with Gasteiger partial charge in [-0.2, -0.15) is 0 Å². The molecule has 1 unspecified atom stereocenters. The lowest BCUT2D eigenvalue weighted by Gasteiger charge is -2.09. The zero-order chi connectivity index (χ0) is 8.15. The number of hydrogen-bond donors (Lipinski definition) is 1. The molecule has 1 atom stereocenters. The molecular formula is C8H15NO. The minimum atomic E-state index is -0.0469. The minimum absolute atomic E-state index is 0.0469. The van der Waals surface area contributed by atoms with Gasteiger partial charge in [0.25, 0.3) is 0 Å². The summed E-state index contributed by atoms with van der Waals surface area (Å²) < 4.78 is 0. The van der Waals surface area contributed by atoms with Gasteiger partial charge in [-0.25, -0.2) is 0 Å². The Kier molecular flexibility index (Phi) is 3.77. The van der Waals surface area contributed by atoms with Gasteiger partial charge in [-0.3, -0.25) is 4.79 Å². The predicted octanol–water partition coefficient (Wildman–Crippen LogP) is 1.33. The molecule has 0 bridgehead atoms. The van der Waals surface area contributed by atoms with Crippen molar-refractivity contribution < 1.29 is 4.79 Å². The third-order valence-electron chi connectivity index (χ3n) is 1.73. The van der Waals surface area contributed by atoms with E-state index in [0.717, 1.165) is 6.42 Å². The number of hydrogen-bond acceptors (Lipinski definition) is 1. The van der Waals surface area contributed by atoms with Crippen LogP contribution in [0.15, 0.2) is 12.2 Å². The highest BCUT2D eigenvalue weighted by Gasteiger charge is 2.10. The highest BCUT2D eigenvalue weighted by Crippen LogP contribution is 2.11. The van der Waals surface area contributed by atoms with Crippen molar-refractivity contribution in [3.8, 4) is 0 Å². The van der Waals surface area contributed by atoms with Crippen LogP contribution in [-0.4, -0.2) is 13.0 Å². The fraction of sp³-hybridized carbons (Fsp3) is 0.625. The first-order valence-electron chi connectivity index (χ1n) is 3.54. The monoisotopic (exact) mass is 141 g/mol. The Hall–Kier alpha value is -0.790. The van der Waals surface area contributed by atoms with Gasteiger partial charge >= 0.3 is 0 Å². The fourth-order valence-corrected chi connectivity index (χ4v) is 0.631. The maximum absolute atomic E-state index is 10.9. The van der Waals surface area contributed by atoms with Gasteiger partial charge in [-0.1, -0.05) is 20.4 Å². The maximum atomic E-state index is 10.9. The minimum Gasteiger partial charge on any atom is -0.355 e. The number of likely N-dealkylation sites (N-methyl/N-ethyl adjacent to an activating group) is 1. The number of amides is 1. The lowest BCUT2D eigenvalue weighted by Crippen LogP contribution is -2.22. The zero-order valence-corrected chi connectivity index (χ0v) is 6.90. The second kappa shape index (κ2) is 4.09. The molecule has 0 aliphatic carbocycles. The normalized spacial score (nSPS) is 12.3. The number of nitrogens with one attached hydrogen (secondary N) is 1. The van der Waals surface area contributed by atoms with Crippen molar-refractivity contribution in [2.45, 2.75) is 20.3 Å². The summed E-state index contributed by atoms with van der Waals surface area (Å²) in [5.74, 6) is 0.245. The molecule has 0 fully saturated rings. The van der Waals surface area contributed by atoms with Crippen molar-refractivity contribution >= 4 is 5.91 Å². The van der Waals surface area contributed by atoms with Crippen LogP contribution in [0.25, 0.3) is 0 Å².